The summed E-state index contributed by atoms with van der Waals surface area (Å²) in [5.74, 6) is 0.403. The van der Waals surface area contributed by atoms with Gasteiger partial charge in [0.1, 0.15) is 11.4 Å². The predicted octanol–water partition coefficient (Wildman–Crippen LogP) is 3.09. The van der Waals surface area contributed by atoms with Gasteiger partial charge in [-0.2, -0.15) is 4.98 Å². The third-order valence-corrected chi connectivity index (χ3v) is 7.08. The highest BCUT2D eigenvalue weighted by Crippen LogP contribution is 2.41. The van der Waals surface area contributed by atoms with Crippen molar-refractivity contribution in [2.24, 2.45) is 0 Å². The van der Waals surface area contributed by atoms with Crippen LogP contribution in [0.1, 0.15) is 51.9 Å². The van der Waals surface area contributed by atoms with E-state index >= 15 is 0 Å². The van der Waals surface area contributed by atoms with Crippen molar-refractivity contribution in [3.63, 3.8) is 0 Å². The number of amides is 2. The van der Waals surface area contributed by atoms with Crippen LogP contribution in [-0.4, -0.2) is 50.8 Å². The van der Waals surface area contributed by atoms with Crippen LogP contribution < -0.4 is 5.56 Å². The summed E-state index contributed by atoms with van der Waals surface area (Å²) in [6.07, 6.45) is 3.24. The third kappa shape index (κ3) is 3.91. The molecule has 1 fully saturated rings. The smallest absolute Gasteiger partial charge is 0.285 e. The summed E-state index contributed by atoms with van der Waals surface area (Å²) in [4.78, 5) is 47.1. The Kier molecular flexibility index (Phi) is 5.77. The molecule has 2 amide bonds. The number of rotatable bonds is 5. The second-order valence-corrected chi connectivity index (χ2v) is 9.15. The van der Waals surface area contributed by atoms with Crippen molar-refractivity contribution in [2.75, 3.05) is 19.6 Å². The van der Waals surface area contributed by atoms with Gasteiger partial charge in [-0.25, -0.2) is 0 Å². The maximum Gasteiger partial charge on any atom is 0.285 e. The van der Waals surface area contributed by atoms with Gasteiger partial charge in [-0.15, -0.1) is 0 Å². The minimum Gasteiger partial charge on any atom is -0.338 e. The monoisotopic (exact) mass is 456 g/mol. The van der Waals surface area contributed by atoms with E-state index in [4.69, 9.17) is 0 Å². The molecule has 1 aromatic heterocycles. The number of hydrogen-bond acceptors (Lipinski definition) is 4. The number of nitrogens with zero attached hydrogens (tertiary/aromatic N) is 4. The standard InChI is InChI=1S/C27H28N4O3/c1-2-29(17-20-9-5-3-6-10-20)25(34)22-18-30-15-13-27(26(30)28-23(22)32)14-16-31(19-27)24(33)21-11-7-4-8-12-21/h3-12,18H,2,13-17,19H2,1H3/t27-/m0/s1. The molecule has 34 heavy (non-hydrogen) atoms. The lowest BCUT2D eigenvalue weighted by Crippen LogP contribution is -2.38. The minimum absolute atomic E-state index is 0.00423. The van der Waals surface area contributed by atoms with Crippen LogP contribution in [0.5, 0.6) is 0 Å². The Labute approximate surface area is 198 Å². The molecule has 2 aliphatic heterocycles. The van der Waals surface area contributed by atoms with Crippen LogP contribution in [0, 0.1) is 0 Å². The van der Waals surface area contributed by atoms with Crippen molar-refractivity contribution in [1.82, 2.24) is 19.4 Å². The van der Waals surface area contributed by atoms with Gasteiger partial charge in [0.05, 0.1) is 0 Å². The fourth-order valence-electron chi connectivity index (χ4n) is 5.18. The zero-order valence-electron chi connectivity index (χ0n) is 19.3. The number of fused-ring (bicyclic) bond motifs is 2. The Morgan fingerprint density at radius 3 is 2.38 bits per heavy atom. The molecule has 1 atom stereocenters. The summed E-state index contributed by atoms with van der Waals surface area (Å²) in [5.41, 5.74) is 0.965. The lowest BCUT2D eigenvalue weighted by Gasteiger charge is -2.24. The number of carbonyl (C=O) groups excluding carboxylic acids is 2. The summed E-state index contributed by atoms with van der Waals surface area (Å²) < 4.78 is 1.95. The Bertz CT molecular complexity index is 1270. The maximum absolute atomic E-state index is 13.2. The fourth-order valence-corrected chi connectivity index (χ4v) is 5.18. The molecule has 5 rings (SSSR count). The first-order valence-electron chi connectivity index (χ1n) is 11.8. The number of aryl methyl sites for hydroxylation is 1. The van der Waals surface area contributed by atoms with E-state index in [-0.39, 0.29) is 22.8 Å². The van der Waals surface area contributed by atoms with Crippen molar-refractivity contribution in [1.29, 1.82) is 0 Å². The second kappa shape index (κ2) is 8.89. The van der Waals surface area contributed by atoms with Crippen LogP contribution in [-0.2, 0) is 18.5 Å². The Hall–Kier alpha value is -3.74. The highest BCUT2D eigenvalue weighted by molar-refractivity contribution is 5.94. The van der Waals surface area contributed by atoms with E-state index in [2.05, 4.69) is 4.98 Å². The van der Waals surface area contributed by atoms with E-state index in [1.165, 1.54) is 0 Å². The largest absolute Gasteiger partial charge is 0.338 e. The molecule has 0 unspecified atom stereocenters. The normalized spacial score (nSPS) is 18.8. The van der Waals surface area contributed by atoms with Gasteiger partial charge in [-0.3, -0.25) is 14.4 Å². The summed E-state index contributed by atoms with van der Waals surface area (Å²) in [6.45, 7) is 4.69. The SMILES string of the molecule is CCN(Cc1ccccc1)C(=O)c1cn2c(nc1=O)[C@]1(CCN(C(=O)c3ccccc3)C1)CC2. The number of likely N-dealkylation sites (tertiary alicyclic amines) is 1. The van der Waals surface area contributed by atoms with E-state index in [1.807, 2.05) is 77.1 Å². The molecule has 0 aliphatic carbocycles. The second-order valence-electron chi connectivity index (χ2n) is 9.15. The van der Waals surface area contributed by atoms with E-state index in [1.54, 1.807) is 11.1 Å². The molecule has 174 valence electrons. The Morgan fingerprint density at radius 1 is 1.00 bits per heavy atom. The highest BCUT2D eigenvalue weighted by atomic mass is 16.2. The zero-order chi connectivity index (χ0) is 23.7. The van der Waals surface area contributed by atoms with Crippen LogP contribution in [0.2, 0.25) is 0 Å². The molecule has 2 aliphatic rings. The molecule has 0 N–H and O–H groups in total. The topological polar surface area (TPSA) is 75.5 Å². The molecule has 2 aromatic carbocycles. The average Bonchev–Trinajstić information content (AvgIpc) is 3.46. The molecule has 0 radical (unpaired) electrons. The van der Waals surface area contributed by atoms with Crippen LogP contribution in [0.25, 0.3) is 0 Å². The molecule has 0 saturated carbocycles. The molecule has 3 aromatic rings. The molecule has 1 spiro atoms. The molecule has 0 bridgehead atoms. The van der Waals surface area contributed by atoms with Crippen molar-refractivity contribution < 1.29 is 9.59 Å². The van der Waals surface area contributed by atoms with Crippen LogP contribution in [0.3, 0.4) is 0 Å². The lowest BCUT2D eigenvalue weighted by molar-refractivity contribution is 0.0748. The highest BCUT2D eigenvalue weighted by Gasteiger charge is 2.47. The van der Waals surface area contributed by atoms with E-state index in [0.717, 1.165) is 18.4 Å². The van der Waals surface area contributed by atoms with Gasteiger partial charge < -0.3 is 14.4 Å². The van der Waals surface area contributed by atoms with Gasteiger partial charge in [0.2, 0.25) is 0 Å². The number of hydrogen-bond donors (Lipinski definition) is 0. The van der Waals surface area contributed by atoms with Gasteiger partial charge in [0.15, 0.2) is 0 Å². The van der Waals surface area contributed by atoms with E-state index in [9.17, 15) is 14.4 Å². The van der Waals surface area contributed by atoms with Gasteiger partial charge in [-0.05, 0) is 37.5 Å². The molecule has 7 nitrogen and oxygen atoms in total. The average molecular weight is 457 g/mol. The van der Waals surface area contributed by atoms with Crippen molar-refractivity contribution >= 4 is 11.8 Å². The Morgan fingerprint density at radius 2 is 1.68 bits per heavy atom. The van der Waals surface area contributed by atoms with Crippen LogP contribution in [0.4, 0.5) is 0 Å². The molecule has 7 heteroatoms. The fraction of sp³-hybridized carbons (Fsp3) is 0.333. The molecule has 3 heterocycles. The first-order valence-corrected chi connectivity index (χ1v) is 11.8. The molecule has 1 saturated heterocycles. The number of aromatic nitrogens is 2. The quantitative estimate of drug-likeness (QED) is 0.591. The first-order chi connectivity index (χ1) is 16.5. The van der Waals surface area contributed by atoms with Crippen molar-refractivity contribution in [2.45, 2.75) is 38.3 Å². The third-order valence-electron chi connectivity index (χ3n) is 7.08. The molecular formula is C27H28N4O3. The van der Waals surface area contributed by atoms with Crippen molar-refractivity contribution in [3.05, 3.63) is 99.7 Å². The van der Waals surface area contributed by atoms with Crippen molar-refractivity contribution in [3.8, 4) is 0 Å². The zero-order valence-corrected chi connectivity index (χ0v) is 19.3. The minimum atomic E-state index is -0.489. The van der Waals surface area contributed by atoms with Gasteiger partial charge in [0.25, 0.3) is 17.4 Å². The lowest BCUT2D eigenvalue weighted by atomic mass is 9.85. The van der Waals surface area contributed by atoms with Crippen LogP contribution >= 0.6 is 0 Å². The van der Waals surface area contributed by atoms with Crippen LogP contribution in [0.15, 0.2) is 71.7 Å². The summed E-state index contributed by atoms with van der Waals surface area (Å²) >= 11 is 0. The van der Waals surface area contributed by atoms with E-state index < -0.39 is 5.56 Å². The van der Waals surface area contributed by atoms with E-state index in [0.29, 0.717) is 44.1 Å². The maximum atomic E-state index is 13.2. The number of carbonyl (C=O) groups is 2. The van der Waals surface area contributed by atoms with Gasteiger partial charge >= 0.3 is 0 Å². The van der Waals surface area contributed by atoms with Gasteiger partial charge in [-0.1, -0.05) is 48.5 Å². The predicted molar refractivity (Wildman–Crippen MR) is 129 cm³/mol. The summed E-state index contributed by atoms with van der Waals surface area (Å²) in [5, 5.41) is 0. The molecular weight excluding hydrogens is 428 g/mol. The first kappa shape index (κ1) is 22.1. The number of benzene rings is 2. The Balaban J connectivity index is 1.38. The summed E-state index contributed by atoms with van der Waals surface area (Å²) in [6, 6.07) is 19.0. The summed E-state index contributed by atoms with van der Waals surface area (Å²) in [7, 11) is 0. The van der Waals surface area contributed by atoms with Gasteiger partial charge in [0, 0.05) is 49.9 Å².